The fourth-order valence-electron chi connectivity index (χ4n) is 2.53. The van der Waals surface area contributed by atoms with Gasteiger partial charge in [0.1, 0.15) is 11.5 Å². The van der Waals surface area contributed by atoms with E-state index < -0.39 is 0 Å². The van der Waals surface area contributed by atoms with Gasteiger partial charge in [0.2, 0.25) is 5.95 Å². The van der Waals surface area contributed by atoms with Gasteiger partial charge in [0.05, 0.1) is 26.1 Å². The summed E-state index contributed by atoms with van der Waals surface area (Å²) in [5, 5.41) is 11.5. The van der Waals surface area contributed by atoms with Gasteiger partial charge in [-0.05, 0) is 19.2 Å². The predicted octanol–water partition coefficient (Wildman–Crippen LogP) is 1.38. The number of anilines is 3. The zero-order chi connectivity index (χ0) is 16.9. The SMILES string of the molecule is COc1ccc(Nc2cnnc(N3CCN(C)CC3)n2)c(OC)c1. The molecule has 1 aliphatic heterocycles. The maximum absolute atomic E-state index is 5.40. The Morgan fingerprint density at radius 1 is 1.08 bits per heavy atom. The maximum atomic E-state index is 5.40. The minimum absolute atomic E-state index is 0.627. The van der Waals surface area contributed by atoms with E-state index in [0.29, 0.717) is 17.5 Å². The van der Waals surface area contributed by atoms with Crippen LogP contribution >= 0.6 is 0 Å². The second-order valence-electron chi connectivity index (χ2n) is 5.62. The fourth-order valence-corrected chi connectivity index (χ4v) is 2.53. The van der Waals surface area contributed by atoms with Crippen molar-refractivity contribution in [1.82, 2.24) is 20.1 Å². The van der Waals surface area contributed by atoms with Crippen molar-refractivity contribution in [2.24, 2.45) is 0 Å². The first kappa shape index (κ1) is 16.3. The van der Waals surface area contributed by atoms with E-state index in [4.69, 9.17) is 9.47 Å². The molecule has 1 aliphatic rings. The molecule has 8 nitrogen and oxygen atoms in total. The molecule has 1 fully saturated rings. The number of piperazine rings is 1. The fraction of sp³-hybridized carbons (Fsp3) is 0.438. The molecule has 3 rings (SSSR count). The molecule has 0 unspecified atom stereocenters. The van der Waals surface area contributed by atoms with Gasteiger partial charge in [-0.1, -0.05) is 0 Å². The first-order chi connectivity index (χ1) is 11.7. The number of nitrogens with one attached hydrogen (secondary N) is 1. The van der Waals surface area contributed by atoms with E-state index in [2.05, 4.69) is 37.3 Å². The largest absolute Gasteiger partial charge is 0.497 e. The van der Waals surface area contributed by atoms with Crippen LogP contribution in [0.2, 0.25) is 0 Å². The number of benzene rings is 1. The van der Waals surface area contributed by atoms with Crippen LogP contribution < -0.4 is 19.7 Å². The van der Waals surface area contributed by atoms with Crippen molar-refractivity contribution in [3.63, 3.8) is 0 Å². The molecule has 0 amide bonds. The van der Waals surface area contributed by atoms with Crippen molar-refractivity contribution in [2.75, 3.05) is 57.7 Å². The van der Waals surface area contributed by atoms with Crippen molar-refractivity contribution >= 4 is 17.5 Å². The van der Waals surface area contributed by atoms with Crippen LogP contribution in [0.4, 0.5) is 17.5 Å². The Kier molecular flexibility index (Phi) is 4.95. The molecule has 0 spiro atoms. The number of nitrogens with zero attached hydrogens (tertiary/aromatic N) is 5. The van der Waals surface area contributed by atoms with E-state index in [1.54, 1.807) is 20.4 Å². The van der Waals surface area contributed by atoms with Gasteiger partial charge >= 0.3 is 0 Å². The molecule has 0 radical (unpaired) electrons. The first-order valence-electron chi connectivity index (χ1n) is 7.82. The first-order valence-corrected chi connectivity index (χ1v) is 7.82. The van der Waals surface area contributed by atoms with Gasteiger partial charge in [0, 0.05) is 32.2 Å². The summed E-state index contributed by atoms with van der Waals surface area (Å²) in [4.78, 5) is 9.00. The molecule has 1 aromatic heterocycles. The Balaban J connectivity index is 1.77. The lowest BCUT2D eigenvalue weighted by Gasteiger charge is -2.32. The zero-order valence-corrected chi connectivity index (χ0v) is 14.2. The molecule has 8 heteroatoms. The third-order valence-electron chi connectivity index (χ3n) is 4.01. The molecule has 0 aliphatic carbocycles. The number of ether oxygens (including phenoxy) is 2. The minimum atomic E-state index is 0.627. The standard InChI is InChI=1S/C16H22N6O2/c1-21-6-8-22(9-7-21)16-19-15(11-17-20-16)18-13-5-4-12(23-2)10-14(13)24-3/h4-5,10-11H,6-9H2,1-3H3,(H,18,19,20). The van der Waals surface area contributed by atoms with E-state index in [0.717, 1.165) is 37.6 Å². The molecule has 1 saturated heterocycles. The Bertz CT molecular complexity index is 688. The van der Waals surface area contributed by atoms with E-state index in [9.17, 15) is 0 Å². The van der Waals surface area contributed by atoms with Gasteiger partial charge in [-0.15, -0.1) is 5.10 Å². The summed E-state index contributed by atoms with van der Waals surface area (Å²) in [5.74, 6) is 2.67. The van der Waals surface area contributed by atoms with E-state index in [1.165, 1.54) is 0 Å². The summed E-state index contributed by atoms with van der Waals surface area (Å²) in [6, 6.07) is 5.56. The summed E-state index contributed by atoms with van der Waals surface area (Å²) in [5.41, 5.74) is 0.795. The number of likely N-dealkylation sites (N-methyl/N-ethyl adjacent to an activating group) is 1. The van der Waals surface area contributed by atoms with E-state index in [1.807, 2.05) is 18.2 Å². The second kappa shape index (κ2) is 7.31. The number of rotatable bonds is 5. The topological polar surface area (TPSA) is 75.6 Å². The lowest BCUT2D eigenvalue weighted by molar-refractivity contribution is 0.311. The smallest absolute Gasteiger partial charge is 0.247 e. The molecule has 0 saturated carbocycles. The highest BCUT2D eigenvalue weighted by Gasteiger charge is 2.17. The van der Waals surface area contributed by atoms with Crippen molar-refractivity contribution in [1.29, 1.82) is 0 Å². The molecule has 0 atom stereocenters. The molecule has 24 heavy (non-hydrogen) atoms. The molecule has 1 N–H and O–H groups in total. The summed E-state index contributed by atoms with van der Waals surface area (Å²) in [6.45, 7) is 3.78. The molecule has 2 aromatic rings. The number of aromatic nitrogens is 3. The lowest BCUT2D eigenvalue weighted by Crippen LogP contribution is -2.45. The van der Waals surface area contributed by atoms with Crippen LogP contribution in [0.15, 0.2) is 24.4 Å². The highest BCUT2D eigenvalue weighted by Crippen LogP contribution is 2.31. The van der Waals surface area contributed by atoms with Gasteiger partial charge in [-0.2, -0.15) is 10.1 Å². The summed E-state index contributed by atoms with van der Waals surface area (Å²) < 4.78 is 10.6. The van der Waals surface area contributed by atoms with Crippen LogP contribution in [0.3, 0.4) is 0 Å². The second-order valence-corrected chi connectivity index (χ2v) is 5.62. The molecule has 1 aromatic carbocycles. The van der Waals surface area contributed by atoms with Crippen LogP contribution in [0, 0.1) is 0 Å². The highest BCUT2D eigenvalue weighted by molar-refractivity contribution is 5.65. The van der Waals surface area contributed by atoms with Crippen LogP contribution in [0.25, 0.3) is 0 Å². The lowest BCUT2D eigenvalue weighted by atomic mass is 10.2. The van der Waals surface area contributed by atoms with Gasteiger partial charge in [-0.25, -0.2) is 0 Å². The molecular weight excluding hydrogens is 308 g/mol. The van der Waals surface area contributed by atoms with Crippen molar-refractivity contribution in [2.45, 2.75) is 0 Å². The minimum Gasteiger partial charge on any atom is -0.497 e. The Hall–Kier alpha value is -2.61. The van der Waals surface area contributed by atoms with Gasteiger partial charge in [0.25, 0.3) is 0 Å². The monoisotopic (exact) mass is 330 g/mol. The van der Waals surface area contributed by atoms with Crippen molar-refractivity contribution in [3.8, 4) is 11.5 Å². The Morgan fingerprint density at radius 3 is 2.58 bits per heavy atom. The molecular formula is C16H22N6O2. The highest BCUT2D eigenvalue weighted by atomic mass is 16.5. The van der Waals surface area contributed by atoms with Crippen LogP contribution in [0.5, 0.6) is 11.5 Å². The molecule has 128 valence electrons. The normalized spacial score (nSPS) is 15.2. The quantitative estimate of drug-likeness (QED) is 0.881. The average molecular weight is 330 g/mol. The van der Waals surface area contributed by atoms with Gasteiger partial charge < -0.3 is 24.6 Å². The summed E-state index contributed by atoms with van der Waals surface area (Å²) in [7, 11) is 5.36. The van der Waals surface area contributed by atoms with Crippen molar-refractivity contribution < 1.29 is 9.47 Å². The summed E-state index contributed by atoms with van der Waals surface area (Å²) >= 11 is 0. The maximum Gasteiger partial charge on any atom is 0.247 e. The Labute approximate surface area is 141 Å². The van der Waals surface area contributed by atoms with Crippen molar-refractivity contribution in [3.05, 3.63) is 24.4 Å². The average Bonchev–Trinajstić information content (AvgIpc) is 2.63. The summed E-state index contributed by atoms with van der Waals surface area (Å²) in [6.07, 6.45) is 1.60. The van der Waals surface area contributed by atoms with E-state index >= 15 is 0 Å². The third kappa shape index (κ3) is 3.65. The van der Waals surface area contributed by atoms with Gasteiger partial charge in [0.15, 0.2) is 5.82 Å². The Morgan fingerprint density at radius 2 is 1.88 bits per heavy atom. The predicted molar refractivity (Wildman–Crippen MR) is 92.4 cm³/mol. The third-order valence-corrected chi connectivity index (χ3v) is 4.01. The van der Waals surface area contributed by atoms with Crippen LogP contribution in [-0.2, 0) is 0 Å². The number of hydrogen-bond donors (Lipinski definition) is 1. The van der Waals surface area contributed by atoms with Gasteiger partial charge in [-0.3, -0.25) is 0 Å². The zero-order valence-electron chi connectivity index (χ0n) is 14.2. The molecule has 0 bridgehead atoms. The van der Waals surface area contributed by atoms with Crippen LogP contribution in [-0.4, -0.2) is 67.5 Å². The van der Waals surface area contributed by atoms with E-state index in [-0.39, 0.29) is 0 Å². The molecule has 2 heterocycles. The van der Waals surface area contributed by atoms with Crippen LogP contribution in [0.1, 0.15) is 0 Å². The number of hydrogen-bond acceptors (Lipinski definition) is 8. The number of methoxy groups -OCH3 is 2.